The van der Waals surface area contributed by atoms with Gasteiger partial charge in [-0.15, -0.1) is 0 Å². The van der Waals surface area contributed by atoms with E-state index in [-0.39, 0.29) is 0 Å². The van der Waals surface area contributed by atoms with Crippen molar-refractivity contribution < 1.29 is 4.42 Å². The molecule has 7 aromatic carbocycles. The van der Waals surface area contributed by atoms with Crippen LogP contribution in [-0.2, 0) is 0 Å². The summed E-state index contributed by atoms with van der Waals surface area (Å²) in [6.45, 7) is 0. The lowest BCUT2D eigenvalue weighted by molar-refractivity contribution is 0.670. The van der Waals surface area contributed by atoms with E-state index in [2.05, 4.69) is 114 Å². The van der Waals surface area contributed by atoms with E-state index in [1.165, 1.54) is 5.39 Å². The van der Waals surface area contributed by atoms with Gasteiger partial charge in [0.15, 0.2) is 23.1 Å². The molecule has 0 N–H and O–H groups in total. The number of furan rings is 1. The van der Waals surface area contributed by atoms with Gasteiger partial charge in [0.1, 0.15) is 5.58 Å². The monoisotopic (exact) mass is 626 g/mol. The van der Waals surface area contributed by atoms with Crippen LogP contribution in [0.3, 0.4) is 0 Å². The molecule has 0 aliphatic rings. The molecule has 0 aliphatic heterocycles. The van der Waals surface area contributed by atoms with Crippen LogP contribution < -0.4 is 0 Å². The second-order valence-corrected chi connectivity index (χ2v) is 12.3. The molecule has 0 saturated heterocycles. The Morgan fingerprint density at radius 2 is 1.04 bits per heavy atom. The van der Waals surface area contributed by atoms with E-state index in [1.807, 2.05) is 42.6 Å². The van der Waals surface area contributed by atoms with Gasteiger partial charge < -0.3 is 4.42 Å². The van der Waals surface area contributed by atoms with Crippen LogP contribution in [0.2, 0.25) is 0 Å². The van der Waals surface area contributed by atoms with E-state index in [0.717, 1.165) is 76.7 Å². The van der Waals surface area contributed by atoms with Gasteiger partial charge >= 0.3 is 0 Å². The highest BCUT2D eigenvalue weighted by molar-refractivity contribution is 6.15. The summed E-state index contributed by atoms with van der Waals surface area (Å²) in [4.78, 5) is 19.4. The molecule has 0 fully saturated rings. The largest absolute Gasteiger partial charge is 0.454 e. The predicted octanol–water partition coefficient (Wildman–Crippen LogP) is 11.3. The van der Waals surface area contributed by atoms with Crippen LogP contribution in [0.5, 0.6) is 0 Å². The number of aromatic nitrogens is 4. The third kappa shape index (κ3) is 4.55. The summed E-state index contributed by atoms with van der Waals surface area (Å²) in [7, 11) is 0. The first-order chi connectivity index (χ1) is 24.3. The Labute approximate surface area is 281 Å². The minimum absolute atomic E-state index is 0.639. The molecule has 0 spiro atoms. The van der Waals surface area contributed by atoms with E-state index >= 15 is 0 Å². The number of hydrogen-bond acceptors (Lipinski definition) is 5. The minimum atomic E-state index is 0.639. The highest BCUT2D eigenvalue weighted by Crippen LogP contribution is 2.39. The molecule has 0 amide bonds. The van der Waals surface area contributed by atoms with Crippen LogP contribution in [-0.4, -0.2) is 19.9 Å². The first-order valence-electron chi connectivity index (χ1n) is 16.3. The van der Waals surface area contributed by atoms with E-state index < -0.39 is 0 Å². The van der Waals surface area contributed by atoms with Crippen LogP contribution in [0.15, 0.2) is 162 Å². The van der Waals surface area contributed by atoms with Crippen molar-refractivity contribution in [1.29, 1.82) is 0 Å². The standard InChI is InChI=1S/C44H26N4O/c1-2-9-28(10-3-1)42-46-43(32-15-14-27-8-4-5-11-29(27)24-32)48-44(47-42)39-21-20-33(35-12-6-7-13-36(35)39)30-16-18-34-31(25-30)17-19-38-37-22-23-45-26-40(37)49-41(34)38/h1-26H. The number of nitrogens with zero attached hydrogens (tertiary/aromatic N) is 4. The van der Waals surface area contributed by atoms with Crippen molar-refractivity contribution in [2.75, 3.05) is 0 Å². The molecule has 10 aromatic rings. The molecule has 5 heteroatoms. The number of benzene rings is 7. The van der Waals surface area contributed by atoms with Gasteiger partial charge in [-0.1, -0.05) is 109 Å². The van der Waals surface area contributed by atoms with Gasteiger partial charge in [0.05, 0.1) is 6.20 Å². The lowest BCUT2D eigenvalue weighted by Gasteiger charge is -2.14. The van der Waals surface area contributed by atoms with Crippen LogP contribution in [0.4, 0.5) is 0 Å². The number of rotatable bonds is 4. The smallest absolute Gasteiger partial charge is 0.164 e. The summed E-state index contributed by atoms with van der Waals surface area (Å²) < 4.78 is 6.27. The van der Waals surface area contributed by atoms with Gasteiger partial charge in [-0.25, -0.2) is 15.0 Å². The van der Waals surface area contributed by atoms with Crippen LogP contribution in [0, 0.1) is 0 Å². The number of pyridine rings is 1. The fourth-order valence-electron chi connectivity index (χ4n) is 7.00. The Bertz CT molecular complexity index is 2890. The summed E-state index contributed by atoms with van der Waals surface area (Å²) in [5, 5.41) is 8.91. The molecule has 0 atom stereocenters. The minimum Gasteiger partial charge on any atom is -0.454 e. The summed E-state index contributed by atoms with van der Waals surface area (Å²) in [6.07, 6.45) is 3.59. The molecule has 0 saturated carbocycles. The lowest BCUT2D eigenvalue weighted by atomic mass is 9.93. The second kappa shape index (κ2) is 10.9. The topological polar surface area (TPSA) is 64.7 Å². The maximum absolute atomic E-state index is 6.27. The Hall–Kier alpha value is -6.72. The molecule has 5 nitrogen and oxygen atoms in total. The quantitative estimate of drug-likeness (QED) is 0.194. The number of hydrogen-bond donors (Lipinski definition) is 0. The summed E-state index contributed by atoms with van der Waals surface area (Å²) >= 11 is 0. The molecule has 3 heterocycles. The zero-order valence-electron chi connectivity index (χ0n) is 26.2. The van der Waals surface area contributed by atoms with Gasteiger partial charge in [-0.3, -0.25) is 4.98 Å². The summed E-state index contributed by atoms with van der Waals surface area (Å²) in [5.41, 5.74) is 6.81. The van der Waals surface area contributed by atoms with Gasteiger partial charge in [-0.2, -0.15) is 0 Å². The normalized spacial score (nSPS) is 11.7. The molecule has 49 heavy (non-hydrogen) atoms. The van der Waals surface area contributed by atoms with Crippen molar-refractivity contribution >= 4 is 54.3 Å². The third-order valence-electron chi connectivity index (χ3n) is 9.41. The fraction of sp³-hybridized carbons (Fsp3) is 0. The lowest BCUT2D eigenvalue weighted by Crippen LogP contribution is -2.00. The van der Waals surface area contributed by atoms with Crippen LogP contribution in [0.1, 0.15) is 0 Å². The van der Waals surface area contributed by atoms with Crippen molar-refractivity contribution in [3.63, 3.8) is 0 Å². The first kappa shape index (κ1) is 27.4. The van der Waals surface area contributed by atoms with E-state index in [4.69, 9.17) is 19.4 Å². The Balaban J connectivity index is 1.14. The van der Waals surface area contributed by atoms with E-state index in [1.54, 1.807) is 6.20 Å². The van der Waals surface area contributed by atoms with Crippen molar-refractivity contribution in [3.8, 4) is 45.3 Å². The molecule has 0 unspecified atom stereocenters. The highest BCUT2D eigenvalue weighted by Gasteiger charge is 2.17. The number of fused-ring (bicyclic) bond motifs is 7. The van der Waals surface area contributed by atoms with Gasteiger partial charge in [0.25, 0.3) is 0 Å². The van der Waals surface area contributed by atoms with Crippen LogP contribution in [0.25, 0.3) is 99.5 Å². The molecule has 10 rings (SSSR count). The Kier molecular flexibility index (Phi) is 6.11. The third-order valence-corrected chi connectivity index (χ3v) is 9.41. The average molecular weight is 627 g/mol. The maximum Gasteiger partial charge on any atom is 0.164 e. The van der Waals surface area contributed by atoms with Gasteiger partial charge in [-0.05, 0) is 74.5 Å². The van der Waals surface area contributed by atoms with Crippen molar-refractivity contribution in [2.24, 2.45) is 0 Å². The van der Waals surface area contributed by atoms with E-state index in [9.17, 15) is 0 Å². The van der Waals surface area contributed by atoms with Gasteiger partial charge in [0, 0.05) is 39.0 Å². The zero-order valence-corrected chi connectivity index (χ0v) is 26.2. The highest BCUT2D eigenvalue weighted by atomic mass is 16.3. The molecule has 0 radical (unpaired) electrons. The Morgan fingerprint density at radius 1 is 0.388 bits per heavy atom. The summed E-state index contributed by atoms with van der Waals surface area (Å²) in [5.74, 6) is 1.93. The fourth-order valence-corrected chi connectivity index (χ4v) is 7.00. The molecular formula is C44H26N4O. The molecular weight excluding hydrogens is 601 g/mol. The summed E-state index contributed by atoms with van der Waals surface area (Å²) in [6, 6.07) is 50.6. The average Bonchev–Trinajstić information content (AvgIpc) is 3.56. The molecule has 0 bridgehead atoms. The van der Waals surface area contributed by atoms with Gasteiger partial charge in [0.2, 0.25) is 0 Å². The van der Waals surface area contributed by atoms with Crippen molar-refractivity contribution in [3.05, 3.63) is 158 Å². The van der Waals surface area contributed by atoms with E-state index in [0.29, 0.717) is 17.5 Å². The molecule has 228 valence electrons. The van der Waals surface area contributed by atoms with Crippen molar-refractivity contribution in [1.82, 2.24) is 19.9 Å². The Morgan fingerprint density at radius 3 is 1.92 bits per heavy atom. The molecule has 3 aromatic heterocycles. The SMILES string of the molecule is c1ccc(-c2nc(-c3ccc4ccccc4c3)nc(-c3ccc(-c4ccc5c(ccc6c7ccncc7oc56)c4)c4ccccc34)n2)cc1. The van der Waals surface area contributed by atoms with Crippen LogP contribution >= 0.6 is 0 Å². The maximum atomic E-state index is 6.27. The van der Waals surface area contributed by atoms with Crippen molar-refractivity contribution in [2.45, 2.75) is 0 Å². The second-order valence-electron chi connectivity index (χ2n) is 12.3. The predicted molar refractivity (Wildman–Crippen MR) is 199 cm³/mol. The first-order valence-corrected chi connectivity index (χ1v) is 16.3. The zero-order chi connectivity index (χ0) is 32.3. The molecule has 0 aliphatic carbocycles.